The average molecular weight is 296 g/mol. The number of phenols is 1. The van der Waals surface area contributed by atoms with Gasteiger partial charge in [-0.2, -0.15) is 0 Å². The van der Waals surface area contributed by atoms with Gasteiger partial charge in [0.25, 0.3) is 0 Å². The minimum Gasteiger partial charge on any atom is -0.506 e. The van der Waals surface area contributed by atoms with E-state index in [0.29, 0.717) is 0 Å². The first kappa shape index (κ1) is 12.3. The van der Waals surface area contributed by atoms with Gasteiger partial charge < -0.3 is 5.11 Å². The van der Waals surface area contributed by atoms with Gasteiger partial charge in [0.1, 0.15) is 5.75 Å². The summed E-state index contributed by atoms with van der Waals surface area (Å²) in [7, 11) is 0. The van der Waals surface area contributed by atoms with Crippen LogP contribution >= 0.6 is 15.9 Å². The van der Waals surface area contributed by atoms with E-state index in [0.717, 1.165) is 34.9 Å². The second-order valence-corrected chi connectivity index (χ2v) is 5.13. The van der Waals surface area contributed by atoms with Gasteiger partial charge in [0, 0.05) is 5.56 Å². The highest BCUT2D eigenvalue weighted by atomic mass is 79.9. The van der Waals surface area contributed by atoms with Crippen LogP contribution in [0.25, 0.3) is 0 Å². The minimum atomic E-state index is 0.201. The lowest BCUT2D eigenvalue weighted by Crippen LogP contribution is -2.08. The molecule has 1 aliphatic carbocycles. The van der Waals surface area contributed by atoms with E-state index in [1.807, 2.05) is 6.92 Å². The van der Waals surface area contributed by atoms with Crippen LogP contribution in [0.4, 0.5) is 0 Å². The van der Waals surface area contributed by atoms with Crippen molar-refractivity contribution in [3.05, 3.63) is 26.7 Å². The zero-order chi connectivity index (χ0) is 12.4. The molecule has 4 heteroatoms. The average Bonchev–Trinajstić information content (AvgIpc) is 2.36. The van der Waals surface area contributed by atoms with E-state index in [9.17, 15) is 9.90 Å². The topological polar surface area (TPSA) is 49.7 Å². The van der Waals surface area contributed by atoms with E-state index in [-0.39, 0.29) is 12.3 Å². The molecule has 0 aromatic heterocycles. The molecule has 90 valence electrons. The predicted molar refractivity (Wildman–Crippen MR) is 69.0 cm³/mol. The van der Waals surface area contributed by atoms with Crippen molar-refractivity contribution >= 4 is 22.0 Å². The predicted octanol–water partition coefficient (Wildman–Crippen LogP) is 3.18. The Hall–Kier alpha value is -1.12. The molecule has 1 N–H and O–H groups in total. The number of phenolic OH excluding ortho intramolecular Hbond substituents is 1. The Kier molecular flexibility index (Phi) is 3.65. The third-order valence-electron chi connectivity index (χ3n) is 3.43. The summed E-state index contributed by atoms with van der Waals surface area (Å²) in [5.41, 5.74) is 4.32. The van der Waals surface area contributed by atoms with Gasteiger partial charge in [-0.3, -0.25) is 0 Å². The Labute approximate surface area is 109 Å². The summed E-state index contributed by atoms with van der Waals surface area (Å²) in [5.74, 6) is 0.224. The number of hydrogen-bond acceptors (Lipinski definition) is 3. The number of halogens is 1. The fourth-order valence-corrected chi connectivity index (χ4v) is 3.18. The van der Waals surface area contributed by atoms with Crippen LogP contribution in [-0.4, -0.2) is 11.2 Å². The molecule has 0 saturated carbocycles. The van der Waals surface area contributed by atoms with Crippen molar-refractivity contribution in [3.8, 4) is 5.75 Å². The normalized spacial score (nSPS) is 14.0. The number of fused-ring (bicyclic) bond motifs is 1. The number of rotatable bonds is 2. The molecule has 2 rings (SSSR count). The van der Waals surface area contributed by atoms with Crippen LogP contribution in [0.15, 0.2) is 9.47 Å². The smallest absolute Gasteiger partial charge is 0.235 e. The van der Waals surface area contributed by atoms with Crippen LogP contribution in [0.2, 0.25) is 0 Å². The Bertz CT molecular complexity index is 505. The molecule has 3 nitrogen and oxygen atoms in total. The molecule has 0 spiro atoms. The van der Waals surface area contributed by atoms with Crippen molar-refractivity contribution in [3.63, 3.8) is 0 Å². The van der Waals surface area contributed by atoms with E-state index < -0.39 is 0 Å². The highest BCUT2D eigenvalue weighted by Crippen LogP contribution is 2.40. The molecule has 0 radical (unpaired) electrons. The van der Waals surface area contributed by atoms with Crippen LogP contribution in [0.1, 0.15) is 35.1 Å². The highest BCUT2D eigenvalue weighted by Gasteiger charge is 2.21. The lowest BCUT2D eigenvalue weighted by atomic mass is 9.86. The van der Waals surface area contributed by atoms with Gasteiger partial charge in [-0.05, 0) is 65.2 Å². The molecule has 1 aromatic carbocycles. The fraction of sp³-hybridized carbons (Fsp3) is 0.462. The lowest BCUT2D eigenvalue weighted by molar-refractivity contribution is 0.461. The standard InChI is InChI=1S/C13H14BrNO2/c1-8-9-4-2-3-5-10(9)12(14)13(17)11(8)6-15-7-16/h17H,2-6H2,1H3. The molecule has 0 unspecified atom stereocenters. The number of isocyanates is 1. The number of nitrogens with zero attached hydrogens (tertiary/aromatic N) is 1. The van der Waals surface area contributed by atoms with Crippen LogP contribution in [0, 0.1) is 6.92 Å². The SMILES string of the molecule is Cc1c(CN=C=O)c(O)c(Br)c2c1CCCC2. The summed E-state index contributed by atoms with van der Waals surface area (Å²) in [6, 6.07) is 0. The monoisotopic (exact) mass is 295 g/mol. The Balaban J connectivity index is 2.60. The van der Waals surface area contributed by atoms with Crippen LogP contribution in [0.3, 0.4) is 0 Å². The van der Waals surface area contributed by atoms with Gasteiger partial charge in [0.15, 0.2) is 0 Å². The minimum absolute atomic E-state index is 0.201. The number of aliphatic imine (C=N–C) groups is 1. The zero-order valence-corrected chi connectivity index (χ0v) is 11.3. The van der Waals surface area contributed by atoms with Crippen molar-refractivity contribution in [2.24, 2.45) is 4.99 Å². The number of aromatic hydroxyl groups is 1. The van der Waals surface area contributed by atoms with Gasteiger partial charge in [-0.15, -0.1) is 0 Å². The number of carbonyl (C=O) groups excluding carboxylic acids is 1. The molecule has 0 atom stereocenters. The maximum Gasteiger partial charge on any atom is 0.235 e. The van der Waals surface area contributed by atoms with Crippen molar-refractivity contribution in [1.82, 2.24) is 0 Å². The number of benzene rings is 1. The molecular weight excluding hydrogens is 282 g/mol. The maximum absolute atomic E-state index is 10.2. The first-order valence-electron chi connectivity index (χ1n) is 5.72. The van der Waals surface area contributed by atoms with E-state index in [2.05, 4.69) is 20.9 Å². The van der Waals surface area contributed by atoms with Gasteiger partial charge in [-0.1, -0.05) is 0 Å². The third-order valence-corrected chi connectivity index (χ3v) is 4.29. The van der Waals surface area contributed by atoms with Gasteiger partial charge in [-0.25, -0.2) is 9.79 Å². The summed E-state index contributed by atoms with van der Waals surface area (Å²) in [4.78, 5) is 13.8. The third kappa shape index (κ3) is 2.15. The number of hydrogen-bond donors (Lipinski definition) is 1. The van der Waals surface area contributed by atoms with Crippen molar-refractivity contribution in [2.75, 3.05) is 0 Å². The second-order valence-electron chi connectivity index (χ2n) is 4.34. The first-order valence-corrected chi connectivity index (χ1v) is 6.51. The molecular formula is C13H14BrNO2. The molecule has 0 fully saturated rings. The van der Waals surface area contributed by atoms with E-state index in [4.69, 9.17) is 0 Å². The highest BCUT2D eigenvalue weighted by molar-refractivity contribution is 9.10. The van der Waals surface area contributed by atoms with E-state index >= 15 is 0 Å². The molecule has 17 heavy (non-hydrogen) atoms. The van der Waals surface area contributed by atoms with Crippen molar-refractivity contribution in [1.29, 1.82) is 0 Å². The fourth-order valence-electron chi connectivity index (χ4n) is 2.50. The summed E-state index contributed by atoms with van der Waals surface area (Å²) in [6.45, 7) is 2.19. The summed E-state index contributed by atoms with van der Waals surface area (Å²) in [5, 5.41) is 10.1. The van der Waals surface area contributed by atoms with Gasteiger partial charge in [0.2, 0.25) is 6.08 Å². The molecule has 0 bridgehead atoms. The Morgan fingerprint density at radius 3 is 2.65 bits per heavy atom. The van der Waals surface area contributed by atoms with E-state index in [1.54, 1.807) is 0 Å². The van der Waals surface area contributed by atoms with Crippen molar-refractivity contribution in [2.45, 2.75) is 39.2 Å². The summed E-state index contributed by atoms with van der Waals surface area (Å²) in [6.07, 6.45) is 5.90. The summed E-state index contributed by atoms with van der Waals surface area (Å²) < 4.78 is 0.772. The molecule has 1 aromatic rings. The molecule has 0 aliphatic heterocycles. The van der Waals surface area contributed by atoms with Crippen LogP contribution in [-0.2, 0) is 24.2 Å². The molecule has 1 aliphatic rings. The molecule has 0 saturated heterocycles. The maximum atomic E-state index is 10.2. The first-order chi connectivity index (χ1) is 8.16. The largest absolute Gasteiger partial charge is 0.506 e. The molecule has 0 heterocycles. The van der Waals surface area contributed by atoms with Gasteiger partial charge in [0.05, 0.1) is 11.0 Å². The molecule has 0 amide bonds. The van der Waals surface area contributed by atoms with Crippen LogP contribution in [0.5, 0.6) is 5.75 Å². The lowest BCUT2D eigenvalue weighted by Gasteiger charge is -2.23. The van der Waals surface area contributed by atoms with Crippen molar-refractivity contribution < 1.29 is 9.90 Å². The second kappa shape index (κ2) is 5.03. The van der Waals surface area contributed by atoms with E-state index in [1.165, 1.54) is 23.6 Å². The van der Waals surface area contributed by atoms with Gasteiger partial charge >= 0.3 is 0 Å². The Morgan fingerprint density at radius 1 is 1.35 bits per heavy atom. The summed E-state index contributed by atoms with van der Waals surface area (Å²) >= 11 is 3.45. The zero-order valence-electron chi connectivity index (χ0n) is 9.72. The quantitative estimate of drug-likeness (QED) is 0.673. The Morgan fingerprint density at radius 2 is 2.00 bits per heavy atom. The van der Waals surface area contributed by atoms with Crippen LogP contribution < -0.4 is 0 Å².